The van der Waals surface area contributed by atoms with Gasteiger partial charge in [0.2, 0.25) is 11.5 Å². The van der Waals surface area contributed by atoms with E-state index in [1.54, 1.807) is 7.05 Å². The summed E-state index contributed by atoms with van der Waals surface area (Å²) in [7, 11) is 1.66. The van der Waals surface area contributed by atoms with Gasteiger partial charge in [0.25, 0.3) is 5.91 Å². The maximum absolute atomic E-state index is 12.1. The molecule has 2 N–H and O–H groups in total. The second-order valence-corrected chi connectivity index (χ2v) is 4.24. The van der Waals surface area contributed by atoms with Crippen molar-refractivity contribution in [3.8, 4) is 5.75 Å². The van der Waals surface area contributed by atoms with Crippen LogP contribution in [0.15, 0.2) is 28.9 Å². The second kappa shape index (κ2) is 6.05. The Kier molecular flexibility index (Phi) is 4.19. The molecule has 0 spiro atoms. The first kappa shape index (κ1) is 13.9. The highest BCUT2D eigenvalue weighted by Crippen LogP contribution is 2.15. The molecule has 0 saturated carbocycles. The number of anilines is 1. The first-order valence-electron chi connectivity index (χ1n) is 6.17. The number of nitrogen functional groups attached to an aromatic ring is 1. The summed E-state index contributed by atoms with van der Waals surface area (Å²) in [6.45, 7) is 2.98. The van der Waals surface area contributed by atoms with Gasteiger partial charge in [0.15, 0.2) is 0 Å². The summed E-state index contributed by atoms with van der Waals surface area (Å²) in [5.41, 5.74) is 6.49. The van der Waals surface area contributed by atoms with Gasteiger partial charge in [0, 0.05) is 13.6 Å². The summed E-state index contributed by atoms with van der Waals surface area (Å²) >= 11 is 0. The molecule has 1 amide bonds. The molecule has 0 fully saturated rings. The van der Waals surface area contributed by atoms with E-state index in [0.717, 1.165) is 11.3 Å². The van der Waals surface area contributed by atoms with Gasteiger partial charge in [-0.15, -0.1) is 0 Å². The minimum Gasteiger partial charge on any atom is -0.494 e. The van der Waals surface area contributed by atoms with E-state index in [1.165, 1.54) is 4.90 Å². The van der Waals surface area contributed by atoms with Crippen LogP contribution >= 0.6 is 0 Å². The minimum atomic E-state index is -0.336. The Labute approximate surface area is 116 Å². The zero-order valence-electron chi connectivity index (χ0n) is 11.4. The zero-order valence-corrected chi connectivity index (χ0v) is 11.4. The fraction of sp³-hybridized carbons (Fsp3) is 0.308. The quantitative estimate of drug-likeness (QED) is 0.885. The Morgan fingerprint density at radius 1 is 1.35 bits per heavy atom. The van der Waals surface area contributed by atoms with Crippen LogP contribution in [-0.4, -0.2) is 34.8 Å². The summed E-state index contributed by atoms with van der Waals surface area (Å²) in [6.07, 6.45) is 0. The van der Waals surface area contributed by atoms with Gasteiger partial charge >= 0.3 is 0 Å². The zero-order chi connectivity index (χ0) is 14.5. The number of ether oxygens (including phenoxy) is 1. The molecule has 0 bridgehead atoms. The number of nitrogens with zero attached hydrogens (tertiary/aromatic N) is 3. The number of nitrogens with two attached hydrogens (primary N) is 1. The number of hydrogen-bond donors (Lipinski definition) is 1. The average molecular weight is 276 g/mol. The third-order valence-electron chi connectivity index (χ3n) is 2.72. The van der Waals surface area contributed by atoms with Crippen LogP contribution < -0.4 is 10.5 Å². The van der Waals surface area contributed by atoms with Crippen molar-refractivity contribution in [1.82, 2.24) is 15.2 Å². The predicted molar refractivity (Wildman–Crippen MR) is 72.1 cm³/mol. The van der Waals surface area contributed by atoms with Gasteiger partial charge in [-0.2, -0.15) is 0 Å². The molecule has 7 heteroatoms. The van der Waals surface area contributed by atoms with Crippen LogP contribution in [0, 0.1) is 0 Å². The predicted octanol–water partition coefficient (Wildman–Crippen LogP) is 1.32. The van der Waals surface area contributed by atoms with Crippen molar-refractivity contribution in [2.24, 2.45) is 0 Å². The van der Waals surface area contributed by atoms with Crippen LogP contribution in [0.4, 0.5) is 5.82 Å². The molecular formula is C13H16N4O3. The molecule has 1 aromatic heterocycles. The Bertz CT molecular complexity index is 580. The van der Waals surface area contributed by atoms with Gasteiger partial charge in [-0.25, -0.2) is 4.63 Å². The van der Waals surface area contributed by atoms with Gasteiger partial charge in [-0.1, -0.05) is 12.1 Å². The van der Waals surface area contributed by atoms with Crippen LogP contribution in [0.1, 0.15) is 23.0 Å². The standard InChI is InChI=1S/C13H16N4O3/c1-3-19-10-6-4-9(5-7-10)8-17(2)13(18)11-12(14)16-20-15-11/h4-7H,3,8H2,1-2H3,(H2,14,16). The first-order chi connectivity index (χ1) is 9.61. The van der Waals surface area contributed by atoms with Crippen molar-refractivity contribution in [2.75, 3.05) is 19.4 Å². The first-order valence-corrected chi connectivity index (χ1v) is 6.17. The summed E-state index contributed by atoms with van der Waals surface area (Å²) < 4.78 is 9.78. The topological polar surface area (TPSA) is 94.5 Å². The monoisotopic (exact) mass is 276 g/mol. The smallest absolute Gasteiger partial charge is 0.280 e. The highest BCUT2D eigenvalue weighted by Gasteiger charge is 2.20. The lowest BCUT2D eigenvalue weighted by atomic mass is 10.2. The van der Waals surface area contributed by atoms with Crippen molar-refractivity contribution in [3.05, 3.63) is 35.5 Å². The van der Waals surface area contributed by atoms with Gasteiger partial charge in [0.05, 0.1) is 6.61 Å². The van der Waals surface area contributed by atoms with Crippen molar-refractivity contribution in [1.29, 1.82) is 0 Å². The third-order valence-corrected chi connectivity index (χ3v) is 2.72. The largest absolute Gasteiger partial charge is 0.494 e. The summed E-state index contributed by atoms with van der Waals surface area (Å²) in [5, 5.41) is 6.88. The number of aromatic nitrogens is 2. The number of carbonyl (C=O) groups is 1. The molecule has 0 unspecified atom stereocenters. The van der Waals surface area contributed by atoms with Crippen molar-refractivity contribution < 1.29 is 14.2 Å². The molecule has 0 atom stereocenters. The molecule has 0 aliphatic heterocycles. The summed E-state index contributed by atoms with van der Waals surface area (Å²) in [6, 6.07) is 7.53. The Balaban J connectivity index is 2.02. The third kappa shape index (κ3) is 3.05. The van der Waals surface area contributed by atoms with Gasteiger partial charge in [0.1, 0.15) is 5.75 Å². The molecule has 0 saturated heterocycles. The average Bonchev–Trinajstić information content (AvgIpc) is 2.86. The minimum absolute atomic E-state index is 0.00598. The molecule has 2 aromatic rings. The number of rotatable bonds is 5. The summed E-state index contributed by atoms with van der Waals surface area (Å²) in [5.74, 6) is 0.460. The van der Waals surface area contributed by atoms with E-state index in [2.05, 4.69) is 14.9 Å². The molecule has 0 aliphatic carbocycles. The van der Waals surface area contributed by atoms with Crippen molar-refractivity contribution in [3.63, 3.8) is 0 Å². The van der Waals surface area contributed by atoms with Gasteiger partial charge in [-0.05, 0) is 34.9 Å². The Morgan fingerprint density at radius 2 is 2.05 bits per heavy atom. The lowest BCUT2D eigenvalue weighted by Crippen LogP contribution is -2.27. The molecule has 20 heavy (non-hydrogen) atoms. The van der Waals surface area contributed by atoms with Crippen molar-refractivity contribution >= 4 is 11.7 Å². The molecule has 1 aromatic carbocycles. The van der Waals surface area contributed by atoms with E-state index >= 15 is 0 Å². The van der Waals surface area contributed by atoms with Crippen LogP contribution in [0.25, 0.3) is 0 Å². The highest BCUT2D eigenvalue weighted by atomic mass is 16.6. The molecule has 106 valence electrons. The summed E-state index contributed by atoms with van der Waals surface area (Å²) in [4.78, 5) is 13.6. The maximum atomic E-state index is 12.1. The van der Waals surface area contributed by atoms with Crippen LogP contribution in [0.3, 0.4) is 0 Å². The fourth-order valence-electron chi connectivity index (χ4n) is 1.73. The Morgan fingerprint density at radius 3 is 2.60 bits per heavy atom. The van der Waals surface area contributed by atoms with E-state index in [4.69, 9.17) is 10.5 Å². The second-order valence-electron chi connectivity index (χ2n) is 4.24. The normalized spacial score (nSPS) is 10.3. The Hall–Kier alpha value is -2.57. The van der Waals surface area contributed by atoms with E-state index < -0.39 is 0 Å². The number of amides is 1. The fourth-order valence-corrected chi connectivity index (χ4v) is 1.73. The van der Waals surface area contributed by atoms with E-state index in [0.29, 0.717) is 13.2 Å². The SMILES string of the molecule is CCOc1ccc(CN(C)C(=O)c2nonc2N)cc1. The maximum Gasteiger partial charge on any atom is 0.280 e. The molecule has 0 aliphatic rings. The van der Waals surface area contributed by atoms with E-state index in [1.807, 2.05) is 31.2 Å². The van der Waals surface area contributed by atoms with Crippen LogP contribution in [0.5, 0.6) is 5.75 Å². The van der Waals surface area contributed by atoms with Gasteiger partial charge in [-0.3, -0.25) is 4.79 Å². The highest BCUT2D eigenvalue weighted by molar-refractivity contribution is 5.95. The molecule has 2 rings (SSSR count). The van der Waals surface area contributed by atoms with Crippen LogP contribution in [0.2, 0.25) is 0 Å². The van der Waals surface area contributed by atoms with Crippen molar-refractivity contribution in [2.45, 2.75) is 13.5 Å². The lowest BCUT2D eigenvalue weighted by molar-refractivity contribution is 0.0774. The number of benzene rings is 1. The van der Waals surface area contributed by atoms with Crippen LogP contribution in [-0.2, 0) is 6.54 Å². The molecular weight excluding hydrogens is 260 g/mol. The van der Waals surface area contributed by atoms with E-state index in [9.17, 15) is 4.79 Å². The lowest BCUT2D eigenvalue weighted by Gasteiger charge is -2.16. The number of carbonyl (C=O) groups excluding carboxylic acids is 1. The van der Waals surface area contributed by atoms with E-state index in [-0.39, 0.29) is 17.4 Å². The number of hydrogen-bond acceptors (Lipinski definition) is 6. The molecule has 7 nitrogen and oxygen atoms in total. The van der Waals surface area contributed by atoms with Gasteiger partial charge < -0.3 is 15.4 Å². The molecule has 1 heterocycles. The molecule has 0 radical (unpaired) electrons.